The number of hydrogen-bond acceptors (Lipinski definition) is 6. The zero-order chi connectivity index (χ0) is 31.6. The number of nitrogens with one attached hydrogen (secondary N) is 1. The van der Waals surface area contributed by atoms with Crippen LogP contribution in [0, 0.1) is 13.8 Å². The van der Waals surface area contributed by atoms with Crippen LogP contribution in [0.1, 0.15) is 30.5 Å². The summed E-state index contributed by atoms with van der Waals surface area (Å²) in [6, 6.07) is 17.9. The number of anilines is 1. The number of halogens is 3. The van der Waals surface area contributed by atoms with Gasteiger partial charge in [0.05, 0.1) is 17.1 Å². The van der Waals surface area contributed by atoms with Gasteiger partial charge in [0.25, 0.3) is 0 Å². The van der Waals surface area contributed by atoms with Crippen LogP contribution in [-0.2, 0) is 4.79 Å². The van der Waals surface area contributed by atoms with Gasteiger partial charge in [-0.25, -0.2) is 14.5 Å². The van der Waals surface area contributed by atoms with E-state index in [1.165, 1.54) is 51.9 Å². The van der Waals surface area contributed by atoms with Gasteiger partial charge in [0.2, 0.25) is 5.91 Å². The third-order valence-electron chi connectivity index (χ3n) is 6.89. The molecule has 0 unspecified atom stereocenters. The van der Waals surface area contributed by atoms with Crippen molar-refractivity contribution in [1.82, 2.24) is 20.1 Å². The Morgan fingerprint density at radius 2 is 1.66 bits per heavy atom. The summed E-state index contributed by atoms with van der Waals surface area (Å²) in [7, 11) is 0. The van der Waals surface area contributed by atoms with Gasteiger partial charge in [0, 0.05) is 11.3 Å². The van der Waals surface area contributed by atoms with Crippen LogP contribution >= 0.6 is 11.8 Å². The molecule has 4 aromatic rings. The number of carbonyl (C=O) groups is 2. The van der Waals surface area contributed by atoms with Gasteiger partial charge in [-0.3, -0.25) is 9.69 Å². The van der Waals surface area contributed by atoms with Gasteiger partial charge in [0.15, 0.2) is 11.0 Å². The number of alkyl halides is 3. The Kier molecular flexibility index (Phi) is 8.59. The second-order valence-corrected chi connectivity index (χ2v) is 10.9. The van der Waals surface area contributed by atoms with Crippen LogP contribution in [0.25, 0.3) is 22.6 Å². The number of aryl methyl sites for hydroxylation is 2. The number of aliphatic imine (C=N–C) groups is 1. The molecule has 0 bridgehead atoms. The first-order valence-corrected chi connectivity index (χ1v) is 14.4. The van der Waals surface area contributed by atoms with Crippen molar-refractivity contribution in [1.29, 1.82) is 0 Å². The van der Waals surface area contributed by atoms with E-state index in [4.69, 9.17) is 0 Å². The number of aromatic nitrogens is 3. The maximum Gasteiger partial charge on any atom is 0.573 e. The highest BCUT2D eigenvalue weighted by Gasteiger charge is 2.32. The van der Waals surface area contributed by atoms with Crippen molar-refractivity contribution >= 4 is 40.1 Å². The monoisotopic (exact) mass is 620 g/mol. The lowest BCUT2D eigenvalue weighted by molar-refractivity contribution is -0.274. The SMILES string of the molecule is C/C(NC(=O)N=C1SCC(=O)N1c1c(C)cccc1C)=C(/C)c1ccc(-c2ncn(-c3ccc(OC(F)(F)F)cc3)n2)cc1. The minimum atomic E-state index is -4.76. The highest BCUT2D eigenvalue weighted by atomic mass is 32.2. The molecule has 9 nitrogen and oxygen atoms in total. The summed E-state index contributed by atoms with van der Waals surface area (Å²) >= 11 is 1.22. The largest absolute Gasteiger partial charge is 0.573 e. The van der Waals surface area contributed by atoms with Crippen molar-refractivity contribution in [2.75, 3.05) is 10.7 Å². The summed E-state index contributed by atoms with van der Waals surface area (Å²) in [4.78, 5) is 35.6. The number of amidine groups is 1. The molecule has 0 aliphatic carbocycles. The molecule has 3 aromatic carbocycles. The maximum absolute atomic E-state index is 12.9. The average molecular weight is 621 g/mol. The van der Waals surface area contributed by atoms with Crippen LogP contribution < -0.4 is 15.0 Å². The van der Waals surface area contributed by atoms with Crippen molar-refractivity contribution in [3.05, 3.63) is 95.4 Å². The van der Waals surface area contributed by atoms with Crippen LogP contribution in [0.3, 0.4) is 0 Å². The molecule has 1 aromatic heterocycles. The Morgan fingerprint density at radius 1 is 1.00 bits per heavy atom. The minimum Gasteiger partial charge on any atom is -0.406 e. The second-order valence-electron chi connectivity index (χ2n) is 9.96. The Morgan fingerprint density at radius 3 is 2.30 bits per heavy atom. The fraction of sp³-hybridized carbons (Fsp3) is 0.194. The van der Waals surface area contributed by atoms with E-state index in [0.29, 0.717) is 22.4 Å². The molecule has 13 heteroatoms. The fourth-order valence-electron chi connectivity index (χ4n) is 4.60. The van der Waals surface area contributed by atoms with Gasteiger partial charge >= 0.3 is 12.4 Å². The fourth-order valence-corrected chi connectivity index (χ4v) is 5.45. The number of rotatable bonds is 6. The number of allylic oxidation sites excluding steroid dienone is 2. The smallest absolute Gasteiger partial charge is 0.406 e. The van der Waals surface area contributed by atoms with E-state index in [-0.39, 0.29) is 17.4 Å². The van der Waals surface area contributed by atoms with Gasteiger partial charge in [-0.2, -0.15) is 4.99 Å². The molecule has 2 heterocycles. The zero-order valence-electron chi connectivity index (χ0n) is 24.1. The predicted molar refractivity (Wildman–Crippen MR) is 164 cm³/mol. The first-order valence-electron chi connectivity index (χ1n) is 13.4. The molecule has 44 heavy (non-hydrogen) atoms. The van der Waals surface area contributed by atoms with E-state index in [9.17, 15) is 22.8 Å². The lowest BCUT2D eigenvalue weighted by Gasteiger charge is -2.20. The summed E-state index contributed by atoms with van der Waals surface area (Å²) in [5.74, 6) is 0.171. The van der Waals surface area contributed by atoms with Crippen LogP contribution in [0.5, 0.6) is 5.75 Å². The maximum atomic E-state index is 12.9. The summed E-state index contributed by atoms with van der Waals surface area (Å²) in [5, 5.41) is 7.56. The van der Waals surface area contributed by atoms with E-state index >= 15 is 0 Å². The third-order valence-corrected chi connectivity index (χ3v) is 7.81. The Bertz CT molecular complexity index is 1760. The molecule has 1 N–H and O–H groups in total. The number of hydrogen-bond donors (Lipinski definition) is 1. The first kappa shape index (κ1) is 30.5. The zero-order valence-corrected chi connectivity index (χ0v) is 25.0. The molecule has 1 saturated heterocycles. The third kappa shape index (κ3) is 6.83. The van der Waals surface area contributed by atoms with E-state index in [2.05, 4.69) is 25.1 Å². The minimum absolute atomic E-state index is 0.129. The van der Waals surface area contributed by atoms with Gasteiger partial charge in [-0.05, 0) is 74.2 Å². The van der Waals surface area contributed by atoms with Crippen LogP contribution in [0.2, 0.25) is 0 Å². The number of amides is 3. The Hall–Kier alpha value is -4.91. The van der Waals surface area contributed by atoms with E-state index in [0.717, 1.165) is 33.5 Å². The number of urea groups is 1. The molecule has 0 saturated carbocycles. The molecular formula is C31H27F3N6O3S. The molecule has 3 amide bonds. The van der Waals surface area contributed by atoms with Gasteiger partial charge in [-0.1, -0.05) is 54.2 Å². The molecule has 1 aliphatic heterocycles. The molecule has 1 aliphatic rings. The number of carbonyl (C=O) groups excluding carboxylic acids is 2. The summed E-state index contributed by atoms with van der Waals surface area (Å²) < 4.78 is 42.6. The predicted octanol–water partition coefficient (Wildman–Crippen LogP) is 7.05. The number of benzene rings is 3. The number of thioether (sulfide) groups is 1. The Balaban J connectivity index is 1.27. The summed E-state index contributed by atoms with van der Waals surface area (Å²) in [5.41, 5.74) is 6.07. The molecule has 0 radical (unpaired) electrons. The highest BCUT2D eigenvalue weighted by Crippen LogP contribution is 2.32. The van der Waals surface area contributed by atoms with E-state index in [1.807, 2.05) is 63.2 Å². The highest BCUT2D eigenvalue weighted by molar-refractivity contribution is 8.15. The summed E-state index contributed by atoms with van der Waals surface area (Å²) in [6.45, 7) is 7.47. The molecule has 1 fully saturated rings. The first-order chi connectivity index (χ1) is 20.9. The summed E-state index contributed by atoms with van der Waals surface area (Å²) in [6.07, 6.45) is -3.30. The molecule has 0 atom stereocenters. The van der Waals surface area contributed by atoms with Crippen LogP contribution in [0.4, 0.5) is 23.7 Å². The van der Waals surface area contributed by atoms with E-state index < -0.39 is 12.4 Å². The van der Waals surface area contributed by atoms with Gasteiger partial charge < -0.3 is 10.1 Å². The van der Waals surface area contributed by atoms with Crippen LogP contribution in [-0.4, -0.2) is 44.0 Å². The molecule has 5 rings (SSSR count). The lowest BCUT2D eigenvalue weighted by Crippen LogP contribution is -2.32. The normalized spacial score (nSPS) is 15.0. The molecular weight excluding hydrogens is 593 g/mol. The van der Waals surface area contributed by atoms with E-state index in [1.54, 1.807) is 6.92 Å². The van der Waals surface area contributed by atoms with Crippen molar-refractivity contribution in [2.45, 2.75) is 34.1 Å². The standard InChI is InChI=1S/C31H27F3N6O3S/c1-18-6-5-7-19(2)27(18)40-26(41)16-44-30(40)37-29(42)36-21(4)20(3)22-8-10-23(11-9-22)28-35-17-39(38-28)24-12-14-25(15-13-24)43-31(32,33)34/h5-15,17H,16H2,1-4H3,(H,36,42)/b21-20+,37-30?. The second kappa shape index (κ2) is 12.4. The quantitative estimate of drug-likeness (QED) is 0.248. The van der Waals surface area contributed by atoms with Gasteiger partial charge in [0.1, 0.15) is 12.1 Å². The van der Waals surface area contributed by atoms with Gasteiger partial charge in [-0.15, -0.1) is 18.3 Å². The van der Waals surface area contributed by atoms with Crippen molar-refractivity contribution in [3.8, 4) is 22.8 Å². The van der Waals surface area contributed by atoms with Crippen molar-refractivity contribution in [2.24, 2.45) is 4.99 Å². The topological polar surface area (TPSA) is 102 Å². The lowest BCUT2D eigenvalue weighted by atomic mass is 10.0. The Labute approximate surface area is 255 Å². The number of nitrogens with zero attached hydrogens (tertiary/aromatic N) is 5. The van der Waals surface area contributed by atoms with Crippen molar-refractivity contribution in [3.63, 3.8) is 0 Å². The van der Waals surface area contributed by atoms with Crippen LogP contribution in [0.15, 0.2) is 83.7 Å². The van der Waals surface area contributed by atoms with Crippen molar-refractivity contribution < 1.29 is 27.5 Å². The number of para-hydroxylation sites is 1. The molecule has 226 valence electrons. The average Bonchev–Trinajstić information content (AvgIpc) is 3.60. The molecule has 0 spiro atoms. The number of ether oxygens (including phenoxy) is 1.